The second-order valence-corrected chi connectivity index (χ2v) is 14.9. The van der Waals surface area contributed by atoms with Crippen LogP contribution in [-0.2, 0) is 4.74 Å². The lowest BCUT2D eigenvalue weighted by Crippen LogP contribution is -2.53. The third-order valence-electron chi connectivity index (χ3n) is 12.7. The van der Waals surface area contributed by atoms with Gasteiger partial charge >= 0.3 is 0 Å². The minimum atomic E-state index is -0.0269. The Morgan fingerprint density at radius 1 is 0.487 bits per heavy atom. The number of hydrogen-bond acceptors (Lipinski definition) is 4. The third-order valence-corrected chi connectivity index (χ3v) is 12.7. The van der Waals surface area contributed by atoms with Crippen molar-refractivity contribution in [2.45, 2.75) is 197 Å². The van der Waals surface area contributed by atoms with Crippen LogP contribution in [0.25, 0.3) is 0 Å². The molecule has 6 fully saturated rings. The van der Waals surface area contributed by atoms with Gasteiger partial charge in [-0.25, -0.2) is 0 Å². The van der Waals surface area contributed by atoms with Crippen LogP contribution in [0, 0.1) is 11.8 Å². The average Bonchev–Trinajstić information content (AvgIpc) is 2.97. The predicted octanol–water partition coefficient (Wildman–Crippen LogP) is 7.86. The van der Waals surface area contributed by atoms with E-state index < -0.39 is 0 Å². The van der Waals surface area contributed by atoms with Crippen LogP contribution in [0.3, 0.4) is 0 Å². The molecule has 1 atom stereocenters. The van der Waals surface area contributed by atoms with Crippen molar-refractivity contribution < 1.29 is 9.84 Å². The smallest absolute Gasteiger partial charge is 0.0609 e. The quantitative estimate of drug-likeness (QED) is 0.322. The van der Waals surface area contributed by atoms with Crippen molar-refractivity contribution in [2.75, 3.05) is 13.2 Å². The zero-order valence-corrected chi connectivity index (χ0v) is 25.3. The fraction of sp³-hybridized carbons (Fsp3) is 1.00. The van der Waals surface area contributed by atoms with Crippen molar-refractivity contribution in [3.05, 3.63) is 0 Å². The lowest BCUT2D eigenvalue weighted by atomic mass is 9.70. The zero-order chi connectivity index (χ0) is 26.4. The Morgan fingerprint density at radius 3 is 1.44 bits per heavy atom. The molecule has 0 radical (unpaired) electrons. The van der Waals surface area contributed by atoms with Crippen LogP contribution in [-0.4, -0.2) is 70.5 Å². The van der Waals surface area contributed by atoms with Crippen LogP contribution in [0.1, 0.15) is 154 Å². The lowest BCUT2D eigenvalue weighted by molar-refractivity contribution is -0.0645. The van der Waals surface area contributed by atoms with Gasteiger partial charge in [-0.05, 0) is 127 Å². The first-order valence-electron chi connectivity index (χ1n) is 18.1. The standard InChI is InChI=1S/C35H62N2O2/c38-34-21-19-33(20-22-34)37(31-9-5-2-6-10-31)32-17-13-28(14-18-32)27-11-15-30(16-12-27)36(25-23-35-24-26-39-35)29-7-3-1-4-8-29/h27-35,38H,1-26H2. The second-order valence-electron chi connectivity index (χ2n) is 14.9. The molecule has 0 bridgehead atoms. The van der Waals surface area contributed by atoms with Crippen LogP contribution >= 0.6 is 0 Å². The lowest BCUT2D eigenvalue weighted by Gasteiger charge is -2.50. The van der Waals surface area contributed by atoms with E-state index in [1.54, 1.807) is 0 Å². The summed E-state index contributed by atoms with van der Waals surface area (Å²) in [6, 6.07) is 4.14. The van der Waals surface area contributed by atoms with E-state index >= 15 is 0 Å². The predicted molar refractivity (Wildman–Crippen MR) is 161 cm³/mol. The number of nitrogens with zero attached hydrogens (tertiary/aromatic N) is 2. The molecule has 0 aromatic heterocycles. The Bertz CT molecular complexity index is 691. The van der Waals surface area contributed by atoms with E-state index in [1.807, 2.05) is 0 Å². The van der Waals surface area contributed by atoms with Gasteiger partial charge in [0.2, 0.25) is 0 Å². The fourth-order valence-electron chi connectivity index (χ4n) is 10.3. The Balaban J connectivity index is 1.00. The van der Waals surface area contributed by atoms with Crippen LogP contribution in [0.2, 0.25) is 0 Å². The number of aliphatic hydroxyl groups is 1. The van der Waals surface area contributed by atoms with Gasteiger partial charge in [0.05, 0.1) is 12.2 Å². The molecule has 5 aliphatic carbocycles. The summed E-state index contributed by atoms with van der Waals surface area (Å²) in [6.45, 7) is 2.30. The SMILES string of the molecule is OC1CCC(N(C2CCCCC2)C2CCC(C3CCC(N(CCC4CCO4)C4CCCCC4)CC3)CC2)CC1. The molecule has 1 saturated heterocycles. The first-order valence-corrected chi connectivity index (χ1v) is 18.1. The highest BCUT2D eigenvalue weighted by molar-refractivity contribution is 4.94. The molecule has 1 heterocycles. The van der Waals surface area contributed by atoms with Crippen LogP contribution in [0.4, 0.5) is 0 Å². The minimum absolute atomic E-state index is 0.0269. The van der Waals surface area contributed by atoms with Gasteiger partial charge in [0.1, 0.15) is 0 Å². The van der Waals surface area contributed by atoms with E-state index in [1.165, 1.54) is 148 Å². The van der Waals surface area contributed by atoms with Crippen molar-refractivity contribution in [1.82, 2.24) is 9.80 Å². The van der Waals surface area contributed by atoms with E-state index in [2.05, 4.69) is 9.80 Å². The summed E-state index contributed by atoms with van der Waals surface area (Å²) in [5, 5.41) is 10.2. The normalized spacial score (nSPS) is 39.6. The van der Waals surface area contributed by atoms with Gasteiger partial charge in [0, 0.05) is 43.4 Å². The molecule has 0 spiro atoms. The van der Waals surface area contributed by atoms with Crippen molar-refractivity contribution >= 4 is 0 Å². The number of hydrogen-bond donors (Lipinski definition) is 1. The molecule has 1 unspecified atom stereocenters. The molecule has 0 aromatic carbocycles. The maximum Gasteiger partial charge on any atom is 0.0609 e. The Morgan fingerprint density at radius 2 is 0.923 bits per heavy atom. The van der Waals surface area contributed by atoms with Crippen molar-refractivity contribution in [3.63, 3.8) is 0 Å². The molecule has 6 aliphatic rings. The van der Waals surface area contributed by atoms with E-state index in [4.69, 9.17) is 4.74 Å². The van der Waals surface area contributed by atoms with Gasteiger partial charge in [0.15, 0.2) is 0 Å². The summed E-state index contributed by atoms with van der Waals surface area (Å²) < 4.78 is 5.82. The minimum Gasteiger partial charge on any atom is -0.393 e. The Kier molecular flexibility index (Phi) is 10.6. The van der Waals surface area contributed by atoms with Crippen molar-refractivity contribution in [3.8, 4) is 0 Å². The second kappa shape index (κ2) is 14.3. The van der Waals surface area contributed by atoms with Gasteiger partial charge in [-0.2, -0.15) is 0 Å². The molecule has 4 nitrogen and oxygen atoms in total. The van der Waals surface area contributed by atoms with Crippen molar-refractivity contribution in [1.29, 1.82) is 0 Å². The number of aliphatic hydroxyl groups excluding tert-OH is 1. The summed E-state index contributed by atoms with van der Waals surface area (Å²) in [7, 11) is 0. The highest BCUT2D eigenvalue weighted by Crippen LogP contribution is 2.43. The van der Waals surface area contributed by atoms with Gasteiger partial charge in [-0.15, -0.1) is 0 Å². The molecule has 224 valence electrons. The van der Waals surface area contributed by atoms with E-state index in [0.29, 0.717) is 6.10 Å². The fourth-order valence-corrected chi connectivity index (χ4v) is 10.3. The van der Waals surface area contributed by atoms with Gasteiger partial charge in [0.25, 0.3) is 0 Å². The molecule has 39 heavy (non-hydrogen) atoms. The maximum atomic E-state index is 10.2. The van der Waals surface area contributed by atoms with Gasteiger partial charge in [-0.3, -0.25) is 9.80 Å². The topological polar surface area (TPSA) is 35.9 Å². The Hall–Kier alpha value is -0.160. The summed E-state index contributed by atoms with van der Waals surface area (Å²) in [5.74, 6) is 1.99. The molecular formula is C35H62N2O2. The van der Waals surface area contributed by atoms with E-state index in [-0.39, 0.29) is 6.10 Å². The highest BCUT2D eigenvalue weighted by atomic mass is 16.5. The molecule has 6 rings (SSSR count). The first-order chi connectivity index (χ1) is 19.2. The summed E-state index contributed by atoms with van der Waals surface area (Å²) >= 11 is 0. The van der Waals surface area contributed by atoms with Gasteiger partial charge in [-0.1, -0.05) is 38.5 Å². The average molecular weight is 543 g/mol. The molecule has 5 saturated carbocycles. The van der Waals surface area contributed by atoms with Crippen LogP contribution in [0.15, 0.2) is 0 Å². The Labute approximate surface area is 241 Å². The third kappa shape index (κ3) is 7.44. The number of ether oxygens (including phenoxy) is 1. The maximum absolute atomic E-state index is 10.2. The highest BCUT2D eigenvalue weighted by Gasteiger charge is 2.39. The van der Waals surface area contributed by atoms with E-state index in [0.717, 1.165) is 61.5 Å². The summed E-state index contributed by atoms with van der Waals surface area (Å²) in [4.78, 5) is 6.09. The molecule has 4 heteroatoms. The number of rotatable bonds is 9. The summed E-state index contributed by atoms with van der Waals surface area (Å²) in [6.07, 6.45) is 34.0. The molecule has 1 N–H and O–H groups in total. The van der Waals surface area contributed by atoms with Crippen LogP contribution in [0.5, 0.6) is 0 Å². The molecule has 0 aromatic rings. The zero-order valence-electron chi connectivity index (χ0n) is 25.3. The molecular weight excluding hydrogens is 480 g/mol. The van der Waals surface area contributed by atoms with Crippen molar-refractivity contribution in [2.24, 2.45) is 11.8 Å². The van der Waals surface area contributed by atoms with E-state index in [9.17, 15) is 5.11 Å². The van der Waals surface area contributed by atoms with Gasteiger partial charge < -0.3 is 9.84 Å². The monoisotopic (exact) mass is 542 g/mol. The first kappa shape index (κ1) is 28.9. The largest absolute Gasteiger partial charge is 0.393 e. The van der Waals surface area contributed by atoms with Crippen LogP contribution < -0.4 is 0 Å². The molecule has 1 aliphatic heterocycles. The summed E-state index contributed by atoms with van der Waals surface area (Å²) in [5.41, 5.74) is 0. The molecule has 0 amide bonds.